The Hall–Kier alpha value is 0. The van der Waals surface area contributed by atoms with Gasteiger partial charge in [-0.15, -0.1) is 0 Å². The Bertz CT molecular complexity index is 288. The van der Waals surface area contributed by atoms with Crippen LogP contribution in [-0.2, 0) is 0 Å². The van der Waals surface area contributed by atoms with Crippen molar-refractivity contribution in [3.63, 3.8) is 0 Å². The predicted octanol–water partition coefficient (Wildman–Crippen LogP) is 7.18. The summed E-state index contributed by atoms with van der Waals surface area (Å²) < 4.78 is 0. The van der Waals surface area contributed by atoms with Crippen molar-refractivity contribution in [1.82, 2.24) is 0 Å². The van der Waals surface area contributed by atoms with E-state index in [9.17, 15) is 0 Å². The summed E-state index contributed by atoms with van der Waals surface area (Å²) in [5.41, 5.74) is 0.571. The van der Waals surface area contributed by atoms with E-state index in [1.807, 2.05) is 0 Å². The van der Waals surface area contributed by atoms with Crippen LogP contribution in [0.25, 0.3) is 0 Å². The van der Waals surface area contributed by atoms with Crippen molar-refractivity contribution in [2.45, 2.75) is 93.9 Å². The first-order valence-corrected chi connectivity index (χ1v) is 9.71. The molecular weight excluding hydrogens is 252 g/mol. The monoisotopic (exact) mass is 294 g/mol. The largest absolute Gasteiger partial charge is 0.0651 e. The van der Waals surface area contributed by atoms with E-state index >= 15 is 0 Å². The van der Waals surface area contributed by atoms with Gasteiger partial charge in [0.25, 0.3) is 0 Å². The van der Waals surface area contributed by atoms with Crippen LogP contribution in [0.3, 0.4) is 0 Å². The highest BCUT2D eigenvalue weighted by molar-refractivity contribution is 4.97. The van der Waals surface area contributed by atoms with E-state index in [2.05, 4.69) is 55.4 Å². The van der Waals surface area contributed by atoms with Crippen LogP contribution in [0, 0.1) is 40.9 Å². The van der Waals surface area contributed by atoms with Gasteiger partial charge in [0.1, 0.15) is 0 Å². The van der Waals surface area contributed by atoms with Crippen molar-refractivity contribution in [2.24, 2.45) is 40.9 Å². The molecule has 0 N–H and O–H groups in total. The molecule has 0 heterocycles. The average molecular weight is 295 g/mol. The summed E-state index contributed by atoms with van der Waals surface area (Å²) >= 11 is 0. The highest BCUT2D eigenvalue weighted by Crippen LogP contribution is 2.56. The van der Waals surface area contributed by atoms with E-state index < -0.39 is 0 Å². The SMILES string of the molecule is CCC(C)CC(C)(C)C1CC1CC(CC)CC(C)C(C)C. The second-order valence-electron chi connectivity index (χ2n) is 9.28. The summed E-state index contributed by atoms with van der Waals surface area (Å²) in [6.45, 7) is 19.4. The Morgan fingerprint density at radius 2 is 1.62 bits per heavy atom. The minimum atomic E-state index is 0.571. The Balaban J connectivity index is 2.43. The molecule has 1 fully saturated rings. The number of rotatable bonds is 10. The van der Waals surface area contributed by atoms with Gasteiger partial charge in [0.15, 0.2) is 0 Å². The maximum atomic E-state index is 2.53. The zero-order chi connectivity index (χ0) is 16.2. The minimum Gasteiger partial charge on any atom is -0.0651 e. The quantitative estimate of drug-likeness (QED) is 0.400. The molecule has 0 spiro atoms. The van der Waals surface area contributed by atoms with E-state index in [0.29, 0.717) is 5.41 Å². The van der Waals surface area contributed by atoms with E-state index in [1.165, 1.54) is 38.5 Å². The van der Waals surface area contributed by atoms with Gasteiger partial charge in [-0.25, -0.2) is 0 Å². The summed E-state index contributed by atoms with van der Waals surface area (Å²) in [5, 5.41) is 0. The maximum absolute atomic E-state index is 2.53. The van der Waals surface area contributed by atoms with Crippen LogP contribution < -0.4 is 0 Å². The normalized spacial score (nSPS) is 26.7. The molecule has 0 aromatic rings. The maximum Gasteiger partial charge on any atom is -0.0321 e. The lowest BCUT2D eigenvalue weighted by molar-refractivity contribution is 0.210. The van der Waals surface area contributed by atoms with Gasteiger partial charge < -0.3 is 0 Å². The van der Waals surface area contributed by atoms with Crippen LogP contribution in [0.15, 0.2) is 0 Å². The smallest absolute Gasteiger partial charge is 0.0321 e. The van der Waals surface area contributed by atoms with Gasteiger partial charge in [0.05, 0.1) is 0 Å². The lowest BCUT2D eigenvalue weighted by Crippen LogP contribution is -2.20. The van der Waals surface area contributed by atoms with E-state index in [0.717, 1.165) is 35.5 Å². The van der Waals surface area contributed by atoms with E-state index in [1.54, 1.807) is 0 Å². The molecule has 0 radical (unpaired) electrons. The predicted molar refractivity (Wildman–Crippen MR) is 96.5 cm³/mol. The molecule has 0 saturated heterocycles. The van der Waals surface area contributed by atoms with Crippen LogP contribution in [0.4, 0.5) is 0 Å². The first kappa shape index (κ1) is 19.0. The van der Waals surface area contributed by atoms with Crippen LogP contribution in [-0.4, -0.2) is 0 Å². The molecule has 1 rings (SSSR count). The summed E-state index contributed by atoms with van der Waals surface area (Å²) in [4.78, 5) is 0. The number of hydrogen-bond acceptors (Lipinski definition) is 0. The summed E-state index contributed by atoms with van der Waals surface area (Å²) in [7, 11) is 0. The van der Waals surface area contributed by atoms with Crippen LogP contribution in [0.2, 0.25) is 0 Å². The Labute approximate surface area is 135 Å². The van der Waals surface area contributed by atoms with E-state index in [4.69, 9.17) is 0 Å². The lowest BCUT2D eigenvalue weighted by Gasteiger charge is -2.29. The summed E-state index contributed by atoms with van der Waals surface area (Å²) in [5.74, 6) is 5.64. The van der Waals surface area contributed by atoms with Gasteiger partial charge in [0.2, 0.25) is 0 Å². The zero-order valence-corrected chi connectivity index (χ0v) is 16.2. The second kappa shape index (κ2) is 8.02. The van der Waals surface area contributed by atoms with Crippen molar-refractivity contribution in [2.75, 3.05) is 0 Å². The average Bonchev–Trinajstić information content (AvgIpc) is 3.17. The third kappa shape index (κ3) is 5.95. The van der Waals surface area contributed by atoms with Crippen molar-refractivity contribution in [1.29, 1.82) is 0 Å². The molecule has 0 amide bonds. The van der Waals surface area contributed by atoms with Crippen LogP contribution >= 0.6 is 0 Å². The molecule has 126 valence electrons. The van der Waals surface area contributed by atoms with Gasteiger partial charge in [-0.3, -0.25) is 0 Å². The topological polar surface area (TPSA) is 0 Å². The van der Waals surface area contributed by atoms with Crippen molar-refractivity contribution < 1.29 is 0 Å². The summed E-state index contributed by atoms with van der Waals surface area (Å²) in [6.07, 6.45) is 8.60. The minimum absolute atomic E-state index is 0.571. The second-order valence-corrected chi connectivity index (χ2v) is 9.28. The number of hydrogen-bond donors (Lipinski definition) is 0. The molecule has 0 heteroatoms. The standard InChI is InChI=1S/C21H42/c1-9-16(5)14-21(7,8)20-13-19(20)12-18(10-2)11-17(6)15(3)4/h15-20H,9-14H2,1-8H3. The van der Waals surface area contributed by atoms with Gasteiger partial charge >= 0.3 is 0 Å². The molecule has 0 aromatic carbocycles. The molecule has 0 aliphatic heterocycles. The highest BCUT2D eigenvalue weighted by atomic mass is 14.5. The molecule has 0 aromatic heterocycles. The van der Waals surface area contributed by atoms with E-state index in [-0.39, 0.29) is 0 Å². The zero-order valence-electron chi connectivity index (χ0n) is 16.2. The molecule has 0 bridgehead atoms. The van der Waals surface area contributed by atoms with Crippen LogP contribution in [0.5, 0.6) is 0 Å². The molecule has 0 nitrogen and oxygen atoms in total. The first-order valence-electron chi connectivity index (χ1n) is 9.71. The molecular formula is C21H42. The first-order chi connectivity index (χ1) is 9.71. The van der Waals surface area contributed by atoms with Crippen molar-refractivity contribution >= 4 is 0 Å². The lowest BCUT2D eigenvalue weighted by atomic mass is 9.76. The molecule has 1 saturated carbocycles. The van der Waals surface area contributed by atoms with Crippen molar-refractivity contribution in [3.05, 3.63) is 0 Å². The third-order valence-electron chi connectivity index (χ3n) is 6.55. The molecule has 1 aliphatic carbocycles. The fourth-order valence-electron chi connectivity index (χ4n) is 4.31. The van der Waals surface area contributed by atoms with Crippen LogP contribution in [0.1, 0.15) is 93.9 Å². The molecule has 5 atom stereocenters. The van der Waals surface area contributed by atoms with Gasteiger partial charge in [0, 0.05) is 0 Å². The molecule has 1 aliphatic rings. The highest BCUT2D eigenvalue weighted by Gasteiger charge is 2.47. The molecule has 21 heavy (non-hydrogen) atoms. The Morgan fingerprint density at radius 1 is 1.00 bits per heavy atom. The summed E-state index contributed by atoms with van der Waals surface area (Å²) in [6, 6.07) is 0. The molecule has 5 unspecified atom stereocenters. The van der Waals surface area contributed by atoms with Gasteiger partial charge in [-0.05, 0) is 66.6 Å². The fraction of sp³-hybridized carbons (Fsp3) is 1.00. The third-order valence-corrected chi connectivity index (χ3v) is 6.55. The van der Waals surface area contributed by atoms with Crippen molar-refractivity contribution in [3.8, 4) is 0 Å². The Kier molecular flexibility index (Phi) is 7.28. The Morgan fingerprint density at radius 3 is 2.10 bits per heavy atom. The fourth-order valence-corrected chi connectivity index (χ4v) is 4.31. The van der Waals surface area contributed by atoms with Gasteiger partial charge in [-0.1, -0.05) is 68.2 Å². The van der Waals surface area contributed by atoms with Gasteiger partial charge in [-0.2, -0.15) is 0 Å².